The number of rotatable bonds is 4. The van der Waals surface area contributed by atoms with E-state index in [9.17, 15) is 0 Å². The van der Waals surface area contributed by atoms with Gasteiger partial charge in [-0.25, -0.2) is 9.97 Å². The molecule has 1 N–H and O–H groups in total. The Morgan fingerprint density at radius 1 is 0.750 bits per heavy atom. The molecule has 0 atom stereocenters. The van der Waals surface area contributed by atoms with E-state index in [2.05, 4.69) is 27.4 Å². The van der Waals surface area contributed by atoms with Gasteiger partial charge in [0.1, 0.15) is 0 Å². The standard InChI is InChI=1S/C17H15N3/c1-3-7-14(8-4-1)11-18-16-12-19-17(20-13-16)15-9-5-2-6-10-15/h1-10,12-13,18H,11H2. The molecule has 0 saturated heterocycles. The minimum atomic E-state index is 0.746. The summed E-state index contributed by atoms with van der Waals surface area (Å²) in [6, 6.07) is 20.2. The SMILES string of the molecule is c1ccc(CNc2cnc(-c3ccccc3)nc2)cc1. The predicted molar refractivity (Wildman–Crippen MR) is 81.2 cm³/mol. The molecule has 98 valence electrons. The zero-order chi connectivity index (χ0) is 13.6. The molecule has 3 aromatic rings. The van der Waals surface area contributed by atoms with Gasteiger partial charge in [-0.15, -0.1) is 0 Å². The minimum absolute atomic E-state index is 0.746. The lowest BCUT2D eigenvalue weighted by Gasteiger charge is -2.06. The topological polar surface area (TPSA) is 37.8 Å². The molecule has 0 aliphatic rings. The zero-order valence-corrected chi connectivity index (χ0v) is 11.0. The van der Waals surface area contributed by atoms with E-state index in [-0.39, 0.29) is 0 Å². The van der Waals surface area contributed by atoms with E-state index in [1.165, 1.54) is 5.56 Å². The fourth-order valence-electron chi connectivity index (χ4n) is 1.96. The third-order valence-corrected chi connectivity index (χ3v) is 3.02. The van der Waals surface area contributed by atoms with E-state index in [0.29, 0.717) is 0 Å². The molecule has 0 spiro atoms. The molecule has 1 heterocycles. The van der Waals surface area contributed by atoms with Gasteiger partial charge in [0.05, 0.1) is 18.1 Å². The first-order chi connectivity index (χ1) is 9.92. The van der Waals surface area contributed by atoms with E-state index in [4.69, 9.17) is 0 Å². The average molecular weight is 261 g/mol. The molecule has 0 fully saturated rings. The van der Waals surface area contributed by atoms with Gasteiger partial charge in [0, 0.05) is 12.1 Å². The highest BCUT2D eigenvalue weighted by Gasteiger charge is 2.00. The van der Waals surface area contributed by atoms with Crippen molar-refractivity contribution in [3.63, 3.8) is 0 Å². The van der Waals surface area contributed by atoms with Crippen LogP contribution in [0.1, 0.15) is 5.56 Å². The Hall–Kier alpha value is -2.68. The van der Waals surface area contributed by atoms with Gasteiger partial charge >= 0.3 is 0 Å². The van der Waals surface area contributed by atoms with Crippen molar-refractivity contribution < 1.29 is 0 Å². The van der Waals surface area contributed by atoms with Gasteiger partial charge < -0.3 is 5.32 Å². The van der Waals surface area contributed by atoms with Gasteiger partial charge in [-0.3, -0.25) is 0 Å². The van der Waals surface area contributed by atoms with Crippen molar-refractivity contribution in [2.75, 3.05) is 5.32 Å². The summed E-state index contributed by atoms with van der Waals surface area (Å²) >= 11 is 0. The van der Waals surface area contributed by atoms with Gasteiger partial charge in [0.2, 0.25) is 0 Å². The first kappa shape index (κ1) is 12.4. The van der Waals surface area contributed by atoms with E-state index in [1.807, 2.05) is 60.9 Å². The Labute approximate surface area is 118 Å². The lowest BCUT2D eigenvalue weighted by Crippen LogP contribution is -2.00. The van der Waals surface area contributed by atoms with Crippen molar-refractivity contribution in [1.82, 2.24) is 9.97 Å². The van der Waals surface area contributed by atoms with Crippen LogP contribution >= 0.6 is 0 Å². The Morgan fingerprint density at radius 3 is 2.00 bits per heavy atom. The highest BCUT2D eigenvalue weighted by atomic mass is 14.9. The van der Waals surface area contributed by atoms with Crippen LogP contribution in [-0.2, 0) is 6.54 Å². The zero-order valence-electron chi connectivity index (χ0n) is 11.0. The summed E-state index contributed by atoms with van der Waals surface area (Å²) in [5.74, 6) is 0.746. The van der Waals surface area contributed by atoms with Gasteiger partial charge in [0.25, 0.3) is 0 Å². The Kier molecular flexibility index (Phi) is 3.69. The molecule has 1 aromatic heterocycles. The first-order valence-electron chi connectivity index (χ1n) is 6.57. The maximum absolute atomic E-state index is 4.39. The number of nitrogens with zero attached hydrogens (tertiary/aromatic N) is 2. The van der Waals surface area contributed by atoms with E-state index >= 15 is 0 Å². The van der Waals surface area contributed by atoms with Crippen molar-refractivity contribution >= 4 is 5.69 Å². The molecule has 0 amide bonds. The second-order valence-electron chi connectivity index (χ2n) is 4.50. The molecular weight excluding hydrogens is 246 g/mol. The van der Waals surface area contributed by atoms with Crippen LogP contribution in [0.3, 0.4) is 0 Å². The largest absolute Gasteiger partial charge is 0.378 e. The molecule has 0 aliphatic heterocycles. The van der Waals surface area contributed by atoms with Crippen LogP contribution in [0.4, 0.5) is 5.69 Å². The summed E-state index contributed by atoms with van der Waals surface area (Å²) in [5.41, 5.74) is 3.19. The molecule has 3 nitrogen and oxygen atoms in total. The Balaban J connectivity index is 1.68. The smallest absolute Gasteiger partial charge is 0.159 e. The molecule has 0 unspecified atom stereocenters. The maximum Gasteiger partial charge on any atom is 0.159 e. The van der Waals surface area contributed by atoms with E-state index in [0.717, 1.165) is 23.6 Å². The summed E-state index contributed by atoms with van der Waals surface area (Å²) < 4.78 is 0. The summed E-state index contributed by atoms with van der Waals surface area (Å²) in [7, 11) is 0. The Bertz CT molecular complexity index is 649. The third-order valence-electron chi connectivity index (χ3n) is 3.02. The average Bonchev–Trinajstić information content (AvgIpc) is 2.55. The molecule has 20 heavy (non-hydrogen) atoms. The van der Waals surface area contributed by atoms with Gasteiger partial charge in [-0.2, -0.15) is 0 Å². The lowest BCUT2D eigenvalue weighted by atomic mass is 10.2. The summed E-state index contributed by atoms with van der Waals surface area (Å²) in [6.45, 7) is 0.773. The number of benzene rings is 2. The maximum atomic E-state index is 4.39. The molecule has 0 saturated carbocycles. The molecule has 2 aromatic carbocycles. The molecule has 3 heteroatoms. The summed E-state index contributed by atoms with van der Waals surface area (Å²) in [6.07, 6.45) is 3.64. The van der Waals surface area contributed by atoms with E-state index < -0.39 is 0 Å². The number of hydrogen-bond acceptors (Lipinski definition) is 3. The Morgan fingerprint density at radius 2 is 1.35 bits per heavy atom. The number of anilines is 1. The molecular formula is C17H15N3. The van der Waals surface area contributed by atoms with Gasteiger partial charge in [-0.05, 0) is 5.56 Å². The highest BCUT2D eigenvalue weighted by Crippen LogP contribution is 2.15. The van der Waals surface area contributed by atoms with Crippen LogP contribution in [0, 0.1) is 0 Å². The third kappa shape index (κ3) is 3.01. The molecule has 0 bridgehead atoms. The first-order valence-corrected chi connectivity index (χ1v) is 6.57. The lowest BCUT2D eigenvalue weighted by molar-refractivity contribution is 1.11. The van der Waals surface area contributed by atoms with Crippen LogP contribution < -0.4 is 5.32 Å². The monoisotopic (exact) mass is 261 g/mol. The molecule has 3 rings (SSSR count). The van der Waals surface area contributed by atoms with Crippen LogP contribution in [0.5, 0.6) is 0 Å². The van der Waals surface area contributed by atoms with E-state index in [1.54, 1.807) is 0 Å². The summed E-state index contributed by atoms with van der Waals surface area (Å²) in [4.78, 5) is 8.78. The molecule has 0 radical (unpaired) electrons. The van der Waals surface area contributed by atoms with Gasteiger partial charge in [-0.1, -0.05) is 60.7 Å². The predicted octanol–water partition coefficient (Wildman–Crippen LogP) is 3.76. The van der Waals surface area contributed by atoms with Crippen molar-refractivity contribution in [3.8, 4) is 11.4 Å². The van der Waals surface area contributed by atoms with Crippen LogP contribution in [-0.4, -0.2) is 9.97 Å². The fraction of sp³-hybridized carbons (Fsp3) is 0.0588. The normalized spacial score (nSPS) is 10.2. The number of aromatic nitrogens is 2. The van der Waals surface area contributed by atoms with Crippen LogP contribution in [0.25, 0.3) is 11.4 Å². The second kappa shape index (κ2) is 5.97. The minimum Gasteiger partial charge on any atom is -0.378 e. The van der Waals surface area contributed by atoms with Crippen molar-refractivity contribution in [3.05, 3.63) is 78.6 Å². The number of nitrogens with one attached hydrogen (secondary N) is 1. The van der Waals surface area contributed by atoms with Crippen molar-refractivity contribution in [2.45, 2.75) is 6.54 Å². The second-order valence-corrected chi connectivity index (χ2v) is 4.50. The number of hydrogen-bond donors (Lipinski definition) is 1. The van der Waals surface area contributed by atoms with Crippen molar-refractivity contribution in [1.29, 1.82) is 0 Å². The summed E-state index contributed by atoms with van der Waals surface area (Å²) in [5, 5.41) is 3.31. The van der Waals surface area contributed by atoms with Crippen LogP contribution in [0.15, 0.2) is 73.1 Å². The highest BCUT2D eigenvalue weighted by molar-refractivity contribution is 5.55. The van der Waals surface area contributed by atoms with Crippen molar-refractivity contribution in [2.24, 2.45) is 0 Å². The molecule has 0 aliphatic carbocycles. The fourth-order valence-corrected chi connectivity index (χ4v) is 1.96. The van der Waals surface area contributed by atoms with Gasteiger partial charge in [0.15, 0.2) is 5.82 Å². The van der Waals surface area contributed by atoms with Crippen LogP contribution in [0.2, 0.25) is 0 Å². The quantitative estimate of drug-likeness (QED) is 0.777.